The van der Waals surface area contributed by atoms with Gasteiger partial charge in [0.25, 0.3) is 0 Å². The van der Waals surface area contributed by atoms with Crippen LogP contribution in [0, 0.1) is 5.92 Å². The Morgan fingerprint density at radius 3 is 1.89 bits per heavy atom. The van der Waals surface area contributed by atoms with Crippen molar-refractivity contribution in [3.05, 3.63) is 77.9 Å². The number of ether oxygens (including phenoxy) is 1. The minimum atomic E-state index is -0.926. The van der Waals surface area contributed by atoms with Crippen LogP contribution in [-0.2, 0) is 11.2 Å². The molecule has 0 radical (unpaired) electrons. The van der Waals surface area contributed by atoms with Crippen LogP contribution in [0.15, 0.2) is 66.7 Å². The zero-order chi connectivity index (χ0) is 25.9. The number of phenols is 1. The second-order valence-corrected chi connectivity index (χ2v) is 10.4. The number of carbonyl (C=O) groups is 2. The molecule has 4 rings (SSSR count). The van der Waals surface area contributed by atoms with Gasteiger partial charge in [-0.15, -0.1) is 0 Å². The first-order valence-electron chi connectivity index (χ1n) is 12.3. The van der Waals surface area contributed by atoms with Crippen LogP contribution in [0.4, 0.5) is 4.79 Å². The standard InChI is InChI=1S/C30H33NO5/c1-30(2,3)36-29(35)31-16-14-20(15-17-31)18-25-19-24(10-13-27(25)28(33)34)23-6-4-21(5-7-23)22-8-11-26(32)12-9-22/h4-13,19-20,32H,14-18H2,1-3H3,(H,33,34). The first-order valence-corrected chi connectivity index (χ1v) is 12.3. The maximum Gasteiger partial charge on any atom is 0.410 e. The fourth-order valence-electron chi connectivity index (χ4n) is 4.62. The summed E-state index contributed by atoms with van der Waals surface area (Å²) in [6.45, 7) is 6.80. The summed E-state index contributed by atoms with van der Waals surface area (Å²) in [6, 6.07) is 20.7. The number of phenolic OH excluding ortho intramolecular Hbond substituents is 1. The zero-order valence-corrected chi connectivity index (χ0v) is 21.0. The molecule has 0 aliphatic carbocycles. The van der Waals surface area contributed by atoms with Crippen LogP contribution in [0.5, 0.6) is 5.75 Å². The van der Waals surface area contributed by atoms with Gasteiger partial charge in [-0.2, -0.15) is 0 Å². The topological polar surface area (TPSA) is 87.1 Å². The molecule has 2 N–H and O–H groups in total. The molecule has 0 spiro atoms. The predicted molar refractivity (Wildman–Crippen MR) is 140 cm³/mol. The van der Waals surface area contributed by atoms with Crippen molar-refractivity contribution in [3.63, 3.8) is 0 Å². The highest BCUT2D eigenvalue weighted by atomic mass is 16.6. The summed E-state index contributed by atoms with van der Waals surface area (Å²) in [5.41, 5.74) is 4.66. The number of likely N-dealkylation sites (tertiary alicyclic amines) is 1. The predicted octanol–water partition coefficient (Wildman–Crippen LogP) is 6.61. The van der Waals surface area contributed by atoms with Gasteiger partial charge < -0.3 is 19.8 Å². The number of aromatic carboxylic acids is 1. The second-order valence-electron chi connectivity index (χ2n) is 10.4. The Morgan fingerprint density at radius 2 is 1.36 bits per heavy atom. The number of amides is 1. The van der Waals surface area contributed by atoms with E-state index in [1.54, 1.807) is 23.1 Å². The highest BCUT2D eigenvalue weighted by Crippen LogP contribution is 2.30. The van der Waals surface area contributed by atoms with Gasteiger partial charge in [-0.1, -0.05) is 48.5 Å². The highest BCUT2D eigenvalue weighted by molar-refractivity contribution is 5.90. The summed E-state index contributed by atoms with van der Waals surface area (Å²) < 4.78 is 5.49. The maximum atomic E-state index is 12.4. The van der Waals surface area contributed by atoms with Gasteiger partial charge in [0.2, 0.25) is 0 Å². The van der Waals surface area contributed by atoms with Crippen molar-refractivity contribution < 1.29 is 24.5 Å². The third-order valence-electron chi connectivity index (χ3n) is 6.53. The Morgan fingerprint density at radius 1 is 0.861 bits per heavy atom. The average molecular weight is 488 g/mol. The number of carbonyl (C=O) groups excluding carboxylic acids is 1. The van der Waals surface area contributed by atoms with Gasteiger partial charge in [-0.3, -0.25) is 0 Å². The minimum absolute atomic E-state index is 0.233. The molecule has 6 nitrogen and oxygen atoms in total. The van der Waals surface area contributed by atoms with Gasteiger partial charge in [-0.05, 0) is 92.0 Å². The van der Waals surface area contributed by atoms with Gasteiger partial charge in [0.05, 0.1) is 5.56 Å². The average Bonchev–Trinajstić information content (AvgIpc) is 2.84. The summed E-state index contributed by atoms with van der Waals surface area (Å²) in [7, 11) is 0. The normalized spacial score (nSPS) is 14.5. The second kappa shape index (κ2) is 10.4. The Balaban J connectivity index is 1.48. The van der Waals surface area contributed by atoms with Crippen molar-refractivity contribution in [3.8, 4) is 28.0 Å². The lowest BCUT2D eigenvalue weighted by Crippen LogP contribution is -2.42. The number of benzene rings is 3. The summed E-state index contributed by atoms with van der Waals surface area (Å²) in [5, 5.41) is 19.3. The van der Waals surface area contributed by atoms with Crippen molar-refractivity contribution >= 4 is 12.1 Å². The lowest BCUT2D eigenvalue weighted by Gasteiger charge is -2.33. The SMILES string of the molecule is CC(C)(C)OC(=O)N1CCC(Cc2cc(-c3ccc(-c4ccc(O)cc4)cc3)ccc2C(=O)O)CC1. The van der Waals surface area contributed by atoms with E-state index < -0.39 is 11.6 Å². The van der Waals surface area contributed by atoms with E-state index >= 15 is 0 Å². The van der Waals surface area contributed by atoms with E-state index in [4.69, 9.17) is 4.74 Å². The van der Waals surface area contributed by atoms with E-state index in [1.807, 2.05) is 69.3 Å². The highest BCUT2D eigenvalue weighted by Gasteiger charge is 2.27. The molecule has 1 saturated heterocycles. The molecule has 1 amide bonds. The van der Waals surface area contributed by atoms with Crippen molar-refractivity contribution in [2.45, 2.75) is 45.6 Å². The van der Waals surface area contributed by atoms with E-state index in [-0.39, 0.29) is 11.8 Å². The molecule has 3 aromatic rings. The number of carboxylic acids is 1. The first kappa shape index (κ1) is 25.3. The molecule has 1 fully saturated rings. The van der Waals surface area contributed by atoms with Crippen LogP contribution in [0.1, 0.15) is 49.5 Å². The Labute approximate surface area is 212 Å². The molecule has 0 atom stereocenters. The van der Waals surface area contributed by atoms with Crippen LogP contribution in [0.3, 0.4) is 0 Å². The van der Waals surface area contributed by atoms with E-state index in [1.165, 1.54) is 0 Å². The van der Waals surface area contributed by atoms with E-state index in [9.17, 15) is 19.8 Å². The molecular weight excluding hydrogens is 454 g/mol. The quantitative estimate of drug-likeness (QED) is 0.423. The number of carboxylic acid groups (broad SMARTS) is 1. The van der Waals surface area contributed by atoms with Crippen molar-refractivity contribution in [2.24, 2.45) is 5.92 Å². The number of piperidine rings is 1. The number of hydrogen-bond acceptors (Lipinski definition) is 4. The summed E-state index contributed by atoms with van der Waals surface area (Å²) in [6.07, 6.45) is 1.99. The van der Waals surface area contributed by atoms with Gasteiger partial charge in [0.1, 0.15) is 11.4 Å². The first-order chi connectivity index (χ1) is 17.1. The number of hydrogen-bond donors (Lipinski definition) is 2. The maximum absolute atomic E-state index is 12.4. The molecule has 0 unspecified atom stereocenters. The van der Waals surface area contributed by atoms with Gasteiger partial charge >= 0.3 is 12.1 Å². The minimum Gasteiger partial charge on any atom is -0.508 e. The Kier molecular flexibility index (Phi) is 7.34. The number of nitrogens with zero attached hydrogens (tertiary/aromatic N) is 1. The molecule has 0 saturated carbocycles. The van der Waals surface area contributed by atoms with Gasteiger partial charge in [0, 0.05) is 13.1 Å². The lowest BCUT2D eigenvalue weighted by atomic mass is 9.87. The third-order valence-corrected chi connectivity index (χ3v) is 6.53. The van der Waals surface area contributed by atoms with Crippen molar-refractivity contribution in [2.75, 3.05) is 13.1 Å². The van der Waals surface area contributed by atoms with Crippen LogP contribution < -0.4 is 0 Å². The molecule has 0 aromatic heterocycles. The lowest BCUT2D eigenvalue weighted by molar-refractivity contribution is 0.0184. The summed E-state index contributed by atoms with van der Waals surface area (Å²) in [4.78, 5) is 26.0. The van der Waals surface area contributed by atoms with E-state index in [0.29, 0.717) is 31.0 Å². The van der Waals surface area contributed by atoms with Gasteiger partial charge in [0.15, 0.2) is 0 Å². The molecule has 6 heteroatoms. The van der Waals surface area contributed by atoms with Crippen LogP contribution in [-0.4, -0.2) is 45.9 Å². The van der Waals surface area contributed by atoms with Crippen LogP contribution >= 0.6 is 0 Å². The monoisotopic (exact) mass is 487 g/mol. The summed E-state index contributed by atoms with van der Waals surface area (Å²) >= 11 is 0. The largest absolute Gasteiger partial charge is 0.508 e. The van der Waals surface area contributed by atoms with Crippen LogP contribution in [0.25, 0.3) is 22.3 Å². The van der Waals surface area contributed by atoms with Crippen LogP contribution in [0.2, 0.25) is 0 Å². The smallest absolute Gasteiger partial charge is 0.410 e. The van der Waals surface area contributed by atoms with Crippen molar-refractivity contribution in [1.29, 1.82) is 0 Å². The third kappa shape index (κ3) is 6.25. The number of aromatic hydroxyl groups is 1. The Bertz CT molecular complexity index is 1220. The molecule has 3 aromatic carbocycles. The Hall–Kier alpha value is -3.80. The molecule has 0 bridgehead atoms. The molecular formula is C30H33NO5. The number of rotatable bonds is 5. The fraction of sp³-hybridized carbons (Fsp3) is 0.333. The molecule has 1 aliphatic rings. The molecule has 188 valence electrons. The van der Waals surface area contributed by atoms with Crippen molar-refractivity contribution in [1.82, 2.24) is 4.90 Å². The van der Waals surface area contributed by atoms with Gasteiger partial charge in [-0.25, -0.2) is 9.59 Å². The summed E-state index contributed by atoms with van der Waals surface area (Å²) in [5.74, 6) is -0.392. The fourth-order valence-corrected chi connectivity index (χ4v) is 4.62. The molecule has 1 aliphatic heterocycles. The zero-order valence-electron chi connectivity index (χ0n) is 21.0. The van der Waals surface area contributed by atoms with E-state index in [2.05, 4.69) is 0 Å². The molecule has 1 heterocycles. The van der Waals surface area contributed by atoms with E-state index in [0.717, 1.165) is 40.7 Å². The molecule has 36 heavy (non-hydrogen) atoms.